The zero-order valence-corrected chi connectivity index (χ0v) is 19.7. The lowest BCUT2D eigenvalue weighted by molar-refractivity contribution is -0.0874. The Morgan fingerprint density at radius 1 is 0.966 bits per heavy atom. The largest absolute Gasteiger partial charge is 0.389 e. The van der Waals surface area contributed by atoms with Gasteiger partial charge < -0.3 is 10.2 Å². The Balaban J connectivity index is 1.52. The maximum absolute atomic E-state index is 11.1. The normalized spacial score (nSPS) is 47.9. The van der Waals surface area contributed by atoms with Crippen molar-refractivity contribution < 1.29 is 10.2 Å². The summed E-state index contributed by atoms with van der Waals surface area (Å²) in [5.41, 5.74) is 1.77. The van der Waals surface area contributed by atoms with Crippen LogP contribution in [0.4, 0.5) is 0 Å². The van der Waals surface area contributed by atoms with Crippen LogP contribution in [-0.4, -0.2) is 22.4 Å². The molecule has 3 unspecified atom stereocenters. The van der Waals surface area contributed by atoms with Gasteiger partial charge in [-0.3, -0.25) is 0 Å². The van der Waals surface area contributed by atoms with Crippen molar-refractivity contribution in [2.75, 3.05) is 0 Å². The molecule has 3 fully saturated rings. The first-order valence-electron chi connectivity index (χ1n) is 12.7. The first-order chi connectivity index (χ1) is 13.7. The molecule has 0 amide bonds. The minimum Gasteiger partial charge on any atom is -0.389 e. The predicted molar refractivity (Wildman–Crippen MR) is 120 cm³/mol. The Hall–Kier alpha value is -0.340. The third kappa shape index (κ3) is 3.65. The van der Waals surface area contributed by atoms with E-state index >= 15 is 0 Å². The second-order valence-electron chi connectivity index (χ2n) is 12.3. The molecule has 2 nitrogen and oxygen atoms in total. The van der Waals surface area contributed by atoms with Crippen molar-refractivity contribution in [3.63, 3.8) is 0 Å². The summed E-state index contributed by atoms with van der Waals surface area (Å²) in [5.74, 6) is 4.70. The summed E-state index contributed by atoms with van der Waals surface area (Å²) in [6.07, 6.45) is 13.8. The fraction of sp³-hybridized carbons (Fsp3) is 0.926. The van der Waals surface area contributed by atoms with Gasteiger partial charge in [-0.1, -0.05) is 60.0 Å². The standard InChI is InChI=1S/C27H46O2/c1-17(2)7-6-8-18(3)21-9-10-22-20-16-25(29)24-15-19(28)11-13-27(24,5)23(20)12-14-26(21,22)4/h15,17-23,25,28-29H,6-14,16H2,1-5H3/t18-,19+,20?,21-,22?,23?,25+,26-,27-/m1/s1. The zero-order valence-electron chi connectivity index (χ0n) is 19.7. The highest BCUT2D eigenvalue weighted by Crippen LogP contribution is 2.67. The number of rotatable bonds is 5. The summed E-state index contributed by atoms with van der Waals surface area (Å²) in [6, 6.07) is 0. The first kappa shape index (κ1) is 21.9. The molecule has 0 aliphatic heterocycles. The van der Waals surface area contributed by atoms with E-state index in [0.29, 0.717) is 17.3 Å². The summed E-state index contributed by atoms with van der Waals surface area (Å²) >= 11 is 0. The van der Waals surface area contributed by atoms with Gasteiger partial charge in [-0.15, -0.1) is 0 Å². The molecule has 4 aliphatic carbocycles. The predicted octanol–water partition coefficient (Wildman–Crippen LogP) is 6.36. The van der Waals surface area contributed by atoms with Gasteiger partial charge in [0, 0.05) is 0 Å². The molecule has 9 atom stereocenters. The number of aliphatic hydroxyl groups is 2. The molecule has 0 aromatic carbocycles. The van der Waals surface area contributed by atoms with Gasteiger partial charge in [-0.25, -0.2) is 0 Å². The van der Waals surface area contributed by atoms with Crippen LogP contribution in [0.5, 0.6) is 0 Å². The summed E-state index contributed by atoms with van der Waals surface area (Å²) in [5, 5.41) is 21.3. The Labute approximate surface area is 179 Å². The minimum absolute atomic E-state index is 0.115. The molecule has 3 saturated carbocycles. The van der Waals surface area contributed by atoms with Crippen molar-refractivity contribution in [3.8, 4) is 0 Å². The van der Waals surface area contributed by atoms with Crippen LogP contribution >= 0.6 is 0 Å². The van der Waals surface area contributed by atoms with E-state index in [4.69, 9.17) is 0 Å². The van der Waals surface area contributed by atoms with Gasteiger partial charge in [0.25, 0.3) is 0 Å². The highest BCUT2D eigenvalue weighted by molar-refractivity contribution is 5.29. The highest BCUT2D eigenvalue weighted by Gasteiger charge is 2.60. The lowest BCUT2D eigenvalue weighted by Crippen LogP contribution is -2.54. The third-order valence-electron chi connectivity index (χ3n) is 10.3. The van der Waals surface area contributed by atoms with Gasteiger partial charge in [0.1, 0.15) is 0 Å². The maximum Gasteiger partial charge on any atom is 0.0759 e. The van der Waals surface area contributed by atoms with E-state index in [1.807, 2.05) is 6.08 Å². The van der Waals surface area contributed by atoms with Gasteiger partial charge in [0.15, 0.2) is 0 Å². The van der Waals surface area contributed by atoms with Crippen molar-refractivity contribution >= 4 is 0 Å². The van der Waals surface area contributed by atoms with Crippen LogP contribution in [0.1, 0.15) is 98.8 Å². The second-order valence-corrected chi connectivity index (χ2v) is 12.3. The SMILES string of the molecule is CC(C)CCC[C@@H](C)[C@H]1CCC2C3C[C@H](O)C4=C[C@@H](O)CC[C@]4(C)C3CC[C@@]21C. The smallest absolute Gasteiger partial charge is 0.0759 e. The molecule has 0 saturated heterocycles. The Kier molecular flexibility index (Phi) is 6.01. The number of hydrogen-bond donors (Lipinski definition) is 2. The Bertz CT molecular complexity index is 624. The van der Waals surface area contributed by atoms with Crippen LogP contribution in [0.2, 0.25) is 0 Å². The zero-order chi connectivity index (χ0) is 21.0. The molecular weight excluding hydrogens is 356 g/mol. The molecule has 2 heteroatoms. The van der Waals surface area contributed by atoms with Gasteiger partial charge in [0.2, 0.25) is 0 Å². The average Bonchev–Trinajstić information content (AvgIpc) is 3.00. The average molecular weight is 403 g/mol. The molecule has 4 aliphatic rings. The summed E-state index contributed by atoms with van der Waals surface area (Å²) < 4.78 is 0. The molecule has 0 spiro atoms. The quantitative estimate of drug-likeness (QED) is 0.525. The highest BCUT2D eigenvalue weighted by atomic mass is 16.3. The van der Waals surface area contributed by atoms with Crippen molar-refractivity contribution in [1.82, 2.24) is 0 Å². The van der Waals surface area contributed by atoms with Crippen LogP contribution in [0.15, 0.2) is 11.6 Å². The molecule has 29 heavy (non-hydrogen) atoms. The van der Waals surface area contributed by atoms with Gasteiger partial charge >= 0.3 is 0 Å². The number of hydrogen-bond acceptors (Lipinski definition) is 2. The molecule has 2 N–H and O–H groups in total. The van der Waals surface area contributed by atoms with Crippen molar-refractivity contribution in [1.29, 1.82) is 0 Å². The van der Waals surface area contributed by atoms with Gasteiger partial charge in [0.05, 0.1) is 12.2 Å². The van der Waals surface area contributed by atoms with E-state index in [9.17, 15) is 10.2 Å². The van der Waals surface area contributed by atoms with E-state index in [1.165, 1.54) is 50.5 Å². The van der Waals surface area contributed by atoms with Crippen LogP contribution in [0, 0.1) is 46.3 Å². The number of fused-ring (bicyclic) bond motifs is 5. The lowest BCUT2D eigenvalue weighted by atomic mass is 9.46. The topological polar surface area (TPSA) is 40.5 Å². The van der Waals surface area contributed by atoms with Crippen LogP contribution in [0.25, 0.3) is 0 Å². The minimum atomic E-state index is -0.347. The molecule has 0 heterocycles. The molecule has 166 valence electrons. The van der Waals surface area contributed by atoms with E-state index in [1.54, 1.807) is 0 Å². The molecule has 0 aromatic heterocycles. The molecular formula is C27H46O2. The number of aliphatic hydroxyl groups excluding tert-OH is 2. The first-order valence-corrected chi connectivity index (χ1v) is 12.7. The van der Waals surface area contributed by atoms with Gasteiger partial charge in [-0.2, -0.15) is 0 Å². The maximum atomic E-state index is 11.1. The summed E-state index contributed by atoms with van der Waals surface area (Å²) in [7, 11) is 0. The van der Waals surface area contributed by atoms with E-state index in [0.717, 1.165) is 42.9 Å². The van der Waals surface area contributed by atoms with Gasteiger partial charge in [-0.05, 0) is 96.9 Å². The Morgan fingerprint density at radius 2 is 1.72 bits per heavy atom. The fourth-order valence-corrected chi connectivity index (χ4v) is 8.78. The van der Waals surface area contributed by atoms with E-state index in [-0.39, 0.29) is 17.6 Å². The second kappa shape index (κ2) is 7.97. The van der Waals surface area contributed by atoms with Crippen molar-refractivity contribution in [2.45, 2.75) is 111 Å². The third-order valence-corrected chi connectivity index (χ3v) is 10.3. The fourth-order valence-electron chi connectivity index (χ4n) is 8.78. The summed E-state index contributed by atoms with van der Waals surface area (Å²) in [4.78, 5) is 0. The molecule has 0 bridgehead atoms. The van der Waals surface area contributed by atoms with Crippen molar-refractivity contribution in [2.24, 2.45) is 46.3 Å². The van der Waals surface area contributed by atoms with E-state index < -0.39 is 0 Å². The summed E-state index contributed by atoms with van der Waals surface area (Å²) in [6.45, 7) is 12.3. The monoisotopic (exact) mass is 402 g/mol. The molecule has 4 rings (SSSR count). The van der Waals surface area contributed by atoms with Crippen LogP contribution in [-0.2, 0) is 0 Å². The van der Waals surface area contributed by atoms with Crippen molar-refractivity contribution in [3.05, 3.63) is 11.6 Å². The van der Waals surface area contributed by atoms with E-state index in [2.05, 4.69) is 34.6 Å². The Morgan fingerprint density at radius 3 is 2.45 bits per heavy atom. The molecule has 0 radical (unpaired) electrons. The molecule has 0 aromatic rings. The van der Waals surface area contributed by atoms with Crippen LogP contribution in [0.3, 0.4) is 0 Å². The lowest BCUT2D eigenvalue weighted by Gasteiger charge is -2.60. The van der Waals surface area contributed by atoms with Crippen LogP contribution < -0.4 is 0 Å².